The first-order valence-electron chi connectivity index (χ1n) is 9.06. The van der Waals surface area contributed by atoms with Gasteiger partial charge in [-0.05, 0) is 24.6 Å². The molecule has 0 radical (unpaired) electrons. The smallest absolute Gasteiger partial charge is 0.275 e. The predicted molar refractivity (Wildman–Crippen MR) is 107 cm³/mol. The second-order valence-corrected chi connectivity index (χ2v) is 7.54. The second-order valence-electron chi connectivity index (χ2n) is 6.69. The topological polar surface area (TPSA) is 41.4 Å². The van der Waals surface area contributed by atoms with Crippen LogP contribution < -0.4 is 4.90 Å². The largest absolute Gasteiger partial charge is 0.325 e. The first-order chi connectivity index (χ1) is 12.5. The predicted octanol–water partition coefficient (Wildman–Crippen LogP) is 5.34. The Labute approximate surface area is 164 Å². The number of aryl methyl sites for hydroxylation is 1. The highest BCUT2D eigenvalue weighted by atomic mass is 35.5. The summed E-state index contributed by atoms with van der Waals surface area (Å²) >= 11 is 12.4. The summed E-state index contributed by atoms with van der Waals surface area (Å²) in [6.45, 7) is 3.41. The summed E-state index contributed by atoms with van der Waals surface area (Å²) in [5.74, 6) is 0.651. The second kappa shape index (κ2) is 8.31. The monoisotopic (exact) mass is 394 g/mol. The highest BCUT2D eigenvalue weighted by molar-refractivity contribution is 6.36. The van der Waals surface area contributed by atoms with Gasteiger partial charge in [0.25, 0.3) is 5.91 Å². The maximum Gasteiger partial charge on any atom is 0.275 e. The Morgan fingerprint density at radius 2 is 1.92 bits per heavy atom. The molecule has 0 saturated carbocycles. The van der Waals surface area contributed by atoms with Crippen LogP contribution in [0.4, 0.5) is 11.5 Å². The highest BCUT2D eigenvalue weighted by Crippen LogP contribution is 2.37. The SMILES string of the molecule is CCCCCCCn1cnc2c1C(=O)N(C)CN2c1ccc(Cl)cc1Cl. The average molecular weight is 395 g/mol. The Kier molecular flexibility index (Phi) is 6.09. The van der Waals surface area contributed by atoms with Gasteiger partial charge in [-0.3, -0.25) is 4.79 Å². The van der Waals surface area contributed by atoms with Crippen LogP contribution in [-0.2, 0) is 6.54 Å². The number of amides is 1. The number of imidazole rings is 1. The lowest BCUT2D eigenvalue weighted by atomic mass is 10.1. The van der Waals surface area contributed by atoms with Crippen molar-refractivity contribution in [3.8, 4) is 0 Å². The third kappa shape index (κ3) is 3.84. The minimum absolute atomic E-state index is 0.00704. The van der Waals surface area contributed by atoms with Crippen LogP contribution in [0.2, 0.25) is 10.0 Å². The van der Waals surface area contributed by atoms with E-state index < -0.39 is 0 Å². The summed E-state index contributed by atoms with van der Waals surface area (Å²) in [4.78, 5) is 20.9. The fourth-order valence-electron chi connectivity index (χ4n) is 3.26. The van der Waals surface area contributed by atoms with Crippen molar-refractivity contribution in [2.24, 2.45) is 0 Å². The van der Waals surface area contributed by atoms with Gasteiger partial charge in [0.05, 0.1) is 23.7 Å². The molecule has 0 unspecified atom stereocenters. The lowest BCUT2D eigenvalue weighted by Crippen LogP contribution is -2.43. The number of carbonyl (C=O) groups is 1. The number of unbranched alkanes of at least 4 members (excludes halogenated alkanes) is 4. The fourth-order valence-corrected chi connectivity index (χ4v) is 3.77. The number of carbonyl (C=O) groups excluding carboxylic acids is 1. The van der Waals surface area contributed by atoms with E-state index in [1.807, 2.05) is 15.5 Å². The number of anilines is 2. The molecule has 2 heterocycles. The van der Waals surface area contributed by atoms with E-state index >= 15 is 0 Å². The normalized spacial score (nSPS) is 14.1. The van der Waals surface area contributed by atoms with Crippen molar-refractivity contribution in [1.82, 2.24) is 14.5 Å². The van der Waals surface area contributed by atoms with Gasteiger partial charge in [0.15, 0.2) is 11.5 Å². The first kappa shape index (κ1) is 19.1. The molecule has 0 spiro atoms. The van der Waals surface area contributed by atoms with Crippen LogP contribution in [0.15, 0.2) is 24.5 Å². The lowest BCUT2D eigenvalue weighted by Gasteiger charge is -2.34. The molecule has 1 aromatic carbocycles. The molecule has 0 fully saturated rings. The molecule has 7 heteroatoms. The molecular weight excluding hydrogens is 371 g/mol. The Balaban J connectivity index is 1.86. The van der Waals surface area contributed by atoms with Gasteiger partial charge in [0.1, 0.15) is 0 Å². The molecule has 5 nitrogen and oxygen atoms in total. The number of fused-ring (bicyclic) bond motifs is 1. The van der Waals surface area contributed by atoms with E-state index in [-0.39, 0.29) is 5.91 Å². The van der Waals surface area contributed by atoms with Crippen LogP contribution in [-0.4, -0.2) is 34.1 Å². The Morgan fingerprint density at radius 1 is 1.15 bits per heavy atom. The van der Waals surface area contributed by atoms with Gasteiger partial charge in [0.2, 0.25) is 0 Å². The van der Waals surface area contributed by atoms with Crippen LogP contribution in [0.5, 0.6) is 0 Å². The molecule has 1 aromatic heterocycles. The third-order valence-electron chi connectivity index (χ3n) is 4.68. The summed E-state index contributed by atoms with van der Waals surface area (Å²) in [7, 11) is 1.79. The van der Waals surface area contributed by atoms with E-state index in [1.165, 1.54) is 19.3 Å². The summed E-state index contributed by atoms with van der Waals surface area (Å²) in [6.07, 6.45) is 7.68. The van der Waals surface area contributed by atoms with Gasteiger partial charge < -0.3 is 14.4 Å². The Morgan fingerprint density at radius 3 is 2.65 bits per heavy atom. The molecule has 1 aliphatic heterocycles. The van der Waals surface area contributed by atoms with Gasteiger partial charge in [0, 0.05) is 18.6 Å². The Hall–Kier alpha value is -1.72. The lowest BCUT2D eigenvalue weighted by molar-refractivity contribution is 0.0775. The number of halogens is 2. The molecule has 3 rings (SSSR count). The molecule has 0 atom stereocenters. The van der Waals surface area contributed by atoms with Crippen molar-refractivity contribution < 1.29 is 4.79 Å². The van der Waals surface area contributed by atoms with E-state index in [1.54, 1.807) is 30.4 Å². The number of benzene rings is 1. The van der Waals surface area contributed by atoms with Crippen molar-refractivity contribution in [2.75, 3.05) is 18.6 Å². The molecule has 1 aliphatic rings. The molecule has 26 heavy (non-hydrogen) atoms. The minimum Gasteiger partial charge on any atom is -0.325 e. The standard InChI is InChI=1S/C19H24Cl2N4O/c1-3-4-5-6-7-10-24-12-22-18-17(24)19(26)23(2)13-25(18)16-9-8-14(20)11-15(16)21/h8-9,11-12H,3-7,10,13H2,1-2H3. The molecule has 0 bridgehead atoms. The van der Waals surface area contributed by atoms with Gasteiger partial charge in [-0.1, -0.05) is 55.8 Å². The van der Waals surface area contributed by atoms with Crippen LogP contribution in [0.25, 0.3) is 0 Å². The van der Waals surface area contributed by atoms with Crippen LogP contribution >= 0.6 is 23.2 Å². The zero-order valence-electron chi connectivity index (χ0n) is 15.2. The fraction of sp³-hybridized carbons (Fsp3) is 0.474. The maximum absolute atomic E-state index is 12.7. The number of nitrogens with zero attached hydrogens (tertiary/aromatic N) is 4. The van der Waals surface area contributed by atoms with Crippen LogP contribution in [0, 0.1) is 0 Å². The zero-order valence-corrected chi connectivity index (χ0v) is 16.7. The van der Waals surface area contributed by atoms with Crippen molar-refractivity contribution >= 4 is 40.6 Å². The minimum atomic E-state index is -0.00704. The average Bonchev–Trinajstić information content (AvgIpc) is 3.03. The highest BCUT2D eigenvalue weighted by Gasteiger charge is 2.33. The maximum atomic E-state index is 12.7. The van der Waals surface area contributed by atoms with E-state index in [2.05, 4.69) is 11.9 Å². The van der Waals surface area contributed by atoms with Crippen molar-refractivity contribution in [1.29, 1.82) is 0 Å². The summed E-state index contributed by atoms with van der Waals surface area (Å²) in [5.41, 5.74) is 1.42. The molecule has 2 aromatic rings. The molecule has 1 amide bonds. The molecule has 0 N–H and O–H groups in total. The summed E-state index contributed by atoms with van der Waals surface area (Å²) in [6, 6.07) is 5.37. The first-order valence-corrected chi connectivity index (χ1v) is 9.81. The quantitative estimate of drug-likeness (QED) is 0.594. The summed E-state index contributed by atoms with van der Waals surface area (Å²) < 4.78 is 1.97. The van der Waals surface area contributed by atoms with Crippen molar-refractivity contribution in [3.05, 3.63) is 40.3 Å². The van der Waals surface area contributed by atoms with Gasteiger partial charge in [-0.2, -0.15) is 0 Å². The van der Waals surface area contributed by atoms with Gasteiger partial charge in [-0.25, -0.2) is 4.98 Å². The van der Waals surface area contributed by atoms with Crippen LogP contribution in [0.1, 0.15) is 49.5 Å². The zero-order chi connectivity index (χ0) is 18.7. The molecule has 0 aliphatic carbocycles. The number of hydrogen-bond donors (Lipinski definition) is 0. The molecule has 140 valence electrons. The van der Waals surface area contributed by atoms with E-state index in [0.29, 0.717) is 28.2 Å². The van der Waals surface area contributed by atoms with Crippen LogP contribution in [0.3, 0.4) is 0 Å². The van der Waals surface area contributed by atoms with E-state index in [4.69, 9.17) is 23.2 Å². The van der Waals surface area contributed by atoms with Gasteiger partial charge in [-0.15, -0.1) is 0 Å². The van der Waals surface area contributed by atoms with Crippen molar-refractivity contribution in [3.63, 3.8) is 0 Å². The van der Waals surface area contributed by atoms with Gasteiger partial charge >= 0.3 is 0 Å². The van der Waals surface area contributed by atoms with Crippen molar-refractivity contribution in [2.45, 2.75) is 45.6 Å². The number of aromatic nitrogens is 2. The van der Waals surface area contributed by atoms with E-state index in [0.717, 1.165) is 25.1 Å². The molecular formula is C19H24Cl2N4O. The third-order valence-corrected chi connectivity index (χ3v) is 5.22. The number of rotatable bonds is 7. The number of hydrogen-bond acceptors (Lipinski definition) is 3. The summed E-state index contributed by atoms with van der Waals surface area (Å²) in [5, 5.41) is 1.12. The Bertz CT molecular complexity index is 790. The van der Waals surface area contributed by atoms with E-state index in [9.17, 15) is 4.79 Å². The molecule has 0 saturated heterocycles.